The van der Waals surface area contributed by atoms with Gasteiger partial charge in [-0.15, -0.1) is 0 Å². The Balaban J connectivity index is 1.70. The predicted octanol–water partition coefficient (Wildman–Crippen LogP) is 1.93. The SMILES string of the molecule is Cc1nn(Cc2ccc(C(=O)O[C@H]3CCOC3=O)cc2)c(C)c1[N+](=O)[O-]. The Morgan fingerprint density at radius 2 is 2.08 bits per heavy atom. The second-order valence-corrected chi connectivity index (χ2v) is 5.98. The average molecular weight is 359 g/mol. The number of benzene rings is 1. The van der Waals surface area contributed by atoms with E-state index in [4.69, 9.17) is 9.47 Å². The van der Waals surface area contributed by atoms with Crippen molar-refractivity contribution in [1.29, 1.82) is 0 Å². The molecule has 1 atom stereocenters. The van der Waals surface area contributed by atoms with Crippen molar-refractivity contribution in [2.45, 2.75) is 32.9 Å². The number of rotatable bonds is 5. The van der Waals surface area contributed by atoms with Crippen LogP contribution in [0.1, 0.15) is 33.7 Å². The van der Waals surface area contributed by atoms with Crippen LogP contribution in [0.3, 0.4) is 0 Å². The first-order chi connectivity index (χ1) is 12.4. The lowest BCUT2D eigenvalue weighted by molar-refractivity contribution is -0.386. The summed E-state index contributed by atoms with van der Waals surface area (Å²) in [6.07, 6.45) is -0.489. The minimum absolute atomic E-state index is 0.00801. The van der Waals surface area contributed by atoms with Gasteiger partial charge in [0.05, 0.1) is 23.6 Å². The molecule has 1 aliphatic rings. The fraction of sp³-hybridized carbons (Fsp3) is 0.353. The Morgan fingerprint density at radius 1 is 1.38 bits per heavy atom. The molecular formula is C17H17N3O6. The molecule has 0 radical (unpaired) electrons. The van der Waals surface area contributed by atoms with Gasteiger partial charge in [0.1, 0.15) is 11.4 Å². The summed E-state index contributed by atoms with van der Waals surface area (Å²) in [7, 11) is 0. The van der Waals surface area contributed by atoms with Crippen LogP contribution in [0.4, 0.5) is 5.69 Å². The van der Waals surface area contributed by atoms with Crippen LogP contribution in [-0.4, -0.2) is 39.4 Å². The van der Waals surface area contributed by atoms with Crippen molar-refractivity contribution in [3.63, 3.8) is 0 Å². The van der Waals surface area contributed by atoms with E-state index in [-0.39, 0.29) is 12.3 Å². The molecule has 0 N–H and O–H groups in total. The number of nitro groups is 1. The van der Waals surface area contributed by atoms with Crippen molar-refractivity contribution in [2.24, 2.45) is 0 Å². The Labute approximate surface area is 148 Å². The predicted molar refractivity (Wildman–Crippen MR) is 88.7 cm³/mol. The van der Waals surface area contributed by atoms with Gasteiger partial charge in [-0.2, -0.15) is 5.10 Å². The lowest BCUT2D eigenvalue weighted by Gasteiger charge is -2.09. The van der Waals surface area contributed by atoms with E-state index in [1.807, 2.05) is 0 Å². The highest BCUT2D eigenvalue weighted by Crippen LogP contribution is 2.22. The highest BCUT2D eigenvalue weighted by Gasteiger charge is 2.30. The van der Waals surface area contributed by atoms with Gasteiger partial charge in [-0.25, -0.2) is 9.59 Å². The molecule has 0 bridgehead atoms. The largest absolute Gasteiger partial charge is 0.463 e. The van der Waals surface area contributed by atoms with Crippen LogP contribution in [0.2, 0.25) is 0 Å². The Morgan fingerprint density at radius 3 is 2.62 bits per heavy atom. The van der Waals surface area contributed by atoms with E-state index in [0.29, 0.717) is 29.9 Å². The number of carbonyl (C=O) groups is 2. The Bertz CT molecular complexity index is 871. The summed E-state index contributed by atoms with van der Waals surface area (Å²) in [5, 5.41) is 15.3. The quantitative estimate of drug-likeness (QED) is 0.455. The smallest absolute Gasteiger partial charge is 0.347 e. The van der Waals surface area contributed by atoms with Crippen molar-refractivity contribution in [2.75, 3.05) is 6.61 Å². The summed E-state index contributed by atoms with van der Waals surface area (Å²) in [6, 6.07) is 6.59. The zero-order valence-electron chi connectivity index (χ0n) is 14.3. The van der Waals surface area contributed by atoms with Crippen molar-refractivity contribution in [3.05, 3.63) is 56.9 Å². The van der Waals surface area contributed by atoms with Gasteiger partial charge in [-0.05, 0) is 31.5 Å². The van der Waals surface area contributed by atoms with Crippen molar-refractivity contribution in [1.82, 2.24) is 9.78 Å². The van der Waals surface area contributed by atoms with Crippen LogP contribution >= 0.6 is 0 Å². The fourth-order valence-electron chi connectivity index (χ4n) is 2.81. The van der Waals surface area contributed by atoms with E-state index in [0.717, 1.165) is 5.56 Å². The van der Waals surface area contributed by atoms with Gasteiger partial charge in [0.2, 0.25) is 6.10 Å². The maximum absolute atomic E-state index is 12.1. The Kier molecular flexibility index (Phi) is 4.70. The van der Waals surface area contributed by atoms with Gasteiger partial charge in [0.15, 0.2) is 0 Å². The van der Waals surface area contributed by atoms with Gasteiger partial charge in [0.25, 0.3) is 0 Å². The molecule has 26 heavy (non-hydrogen) atoms. The third-order valence-electron chi connectivity index (χ3n) is 4.18. The topological polar surface area (TPSA) is 114 Å². The summed E-state index contributed by atoms with van der Waals surface area (Å²) < 4.78 is 11.4. The lowest BCUT2D eigenvalue weighted by Crippen LogP contribution is -2.22. The first-order valence-corrected chi connectivity index (χ1v) is 8.01. The van der Waals surface area contributed by atoms with E-state index < -0.39 is 23.0 Å². The first kappa shape index (κ1) is 17.6. The number of hydrogen-bond donors (Lipinski definition) is 0. The molecule has 0 spiro atoms. The molecule has 9 nitrogen and oxygen atoms in total. The third-order valence-corrected chi connectivity index (χ3v) is 4.18. The maximum atomic E-state index is 12.1. The van der Waals surface area contributed by atoms with E-state index in [1.54, 1.807) is 42.8 Å². The van der Waals surface area contributed by atoms with Crippen molar-refractivity contribution < 1.29 is 24.0 Å². The minimum Gasteiger partial charge on any atom is -0.463 e. The van der Waals surface area contributed by atoms with Gasteiger partial charge in [0, 0.05) is 6.42 Å². The van der Waals surface area contributed by atoms with E-state index in [9.17, 15) is 19.7 Å². The molecule has 0 unspecified atom stereocenters. The van der Waals surface area contributed by atoms with Crippen LogP contribution in [0.25, 0.3) is 0 Å². The summed E-state index contributed by atoms with van der Waals surface area (Å²) in [6.45, 7) is 3.83. The number of aromatic nitrogens is 2. The number of hydrogen-bond acceptors (Lipinski definition) is 7. The minimum atomic E-state index is -0.850. The third kappa shape index (κ3) is 3.41. The van der Waals surface area contributed by atoms with Crippen molar-refractivity contribution in [3.8, 4) is 0 Å². The van der Waals surface area contributed by atoms with Crippen LogP contribution in [0.15, 0.2) is 24.3 Å². The molecule has 1 aromatic carbocycles. The van der Waals surface area contributed by atoms with Gasteiger partial charge in [-0.1, -0.05) is 12.1 Å². The normalized spacial score (nSPS) is 16.4. The average Bonchev–Trinajstić information content (AvgIpc) is 3.11. The monoisotopic (exact) mass is 359 g/mol. The maximum Gasteiger partial charge on any atom is 0.347 e. The standard InChI is InChI=1S/C17H17N3O6/c1-10-15(20(23)24)11(2)19(18-10)9-12-3-5-13(6-4-12)16(21)26-14-7-8-25-17(14)22/h3-6,14H,7-9H2,1-2H3/t14-/m0/s1. The van der Waals surface area contributed by atoms with Crippen LogP contribution in [0, 0.1) is 24.0 Å². The molecule has 3 rings (SSSR count). The molecule has 2 heterocycles. The molecule has 0 amide bonds. The number of aryl methyl sites for hydroxylation is 1. The second kappa shape index (κ2) is 6.95. The zero-order chi connectivity index (χ0) is 18.8. The molecule has 0 aliphatic carbocycles. The molecule has 1 saturated heterocycles. The van der Waals surface area contributed by atoms with Gasteiger partial charge < -0.3 is 9.47 Å². The van der Waals surface area contributed by atoms with Gasteiger partial charge in [-0.3, -0.25) is 14.8 Å². The highest BCUT2D eigenvalue weighted by molar-refractivity contribution is 5.91. The molecular weight excluding hydrogens is 342 g/mol. The summed E-state index contributed by atoms with van der Waals surface area (Å²) in [5.41, 5.74) is 1.97. The van der Waals surface area contributed by atoms with E-state index in [2.05, 4.69) is 5.10 Å². The summed E-state index contributed by atoms with van der Waals surface area (Å²) >= 11 is 0. The molecule has 2 aromatic rings. The molecule has 0 saturated carbocycles. The highest BCUT2D eigenvalue weighted by atomic mass is 16.6. The van der Waals surface area contributed by atoms with Crippen molar-refractivity contribution >= 4 is 17.6 Å². The summed E-state index contributed by atoms with van der Waals surface area (Å²) in [5.74, 6) is -1.12. The summed E-state index contributed by atoms with van der Waals surface area (Å²) in [4.78, 5) is 34.0. The van der Waals surface area contributed by atoms with Gasteiger partial charge >= 0.3 is 17.6 Å². The first-order valence-electron chi connectivity index (χ1n) is 8.01. The number of ether oxygens (including phenoxy) is 2. The number of esters is 2. The second-order valence-electron chi connectivity index (χ2n) is 5.98. The molecule has 1 fully saturated rings. The van der Waals surface area contributed by atoms with E-state index >= 15 is 0 Å². The van der Waals surface area contributed by atoms with Crippen LogP contribution in [-0.2, 0) is 20.8 Å². The molecule has 1 aromatic heterocycles. The number of nitrogens with zero attached hydrogens (tertiary/aromatic N) is 3. The number of carbonyl (C=O) groups excluding carboxylic acids is 2. The molecule has 1 aliphatic heterocycles. The lowest BCUT2D eigenvalue weighted by atomic mass is 10.1. The zero-order valence-corrected chi connectivity index (χ0v) is 14.3. The number of cyclic esters (lactones) is 1. The molecule has 136 valence electrons. The van der Waals surface area contributed by atoms with E-state index in [1.165, 1.54) is 0 Å². The van der Waals surface area contributed by atoms with Crippen LogP contribution < -0.4 is 0 Å². The molecule has 9 heteroatoms. The van der Waals surface area contributed by atoms with Crippen LogP contribution in [0.5, 0.6) is 0 Å². The fourth-order valence-corrected chi connectivity index (χ4v) is 2.81. The Hall–Kier alpha value is -3.23.